The van der Waals surface area contributed by atoms with Crippen molar-refractivity contribution in [3.63, 3.8) is 0 Å². The Morgan fingerprint density at radius 1 is 1.29 bits per heavy atom. The van der Waals surface area contributed by atoms with Crippen LogP contribution in [0.4, 0.5) is 0 Å². The van der Waals surface area contributed by atoms with Gasteiger partial charge in [0, 0.05) is 16.6 Å². The lowest BCUT2D eigenvalue weighted by atomic mass is 10.2. The molecular formula is C12H14BrN3O. The third kappa shape index (κ3) is 2.40. The van der Waals surface area contributed by atoms with Gasteiger partial charge in [0.15, 0.2) is 11.6 Å². The zero-order chi connectivity index (χ0) is 12.3. The number of nitrogens with zero attached hydrogens (tertiary/aromatic N) is 3. The molecule has 5 heteroatoms. The van der Waals surface area contributed by atoms with Crippen LogP contribution in [0, 0.1) is 0 Å². The van der Waals surface area contributed by atoms with Crippen LogP contribution in [0.3, 0.4) is 0 Å². The van der Waals surface area contributed by atoms with Crippen molar-refractivity contribution in [1.82, 2.24) is 14.8 Å². The van der Waals surface area contributed by atoms with E-state index in [-0.39, 0.29) is 6.61 Å². The molecule has 0 fully saturated rings. The summed E-state index contributed by atoms with van der Waals surface area (Å²) >= 11 is 3.51. The molecule has 0 radical (unpaired) electrons. The Hall–Kier alpha value is -1.20. The topological polar surface area (TPSA) is 50.9 Å². The number of aromatic nitrogens is 3. The van der Waals surface area contributed by atoms with E-state index in [0.717, 1.165) is 28.8 Å². The van der Waals surface area contributed by atoms with Crippen LogP contribution in [0.1, 0.15) is 19.2 Å². The Balaban J connectivity index is 2.52. The average molecular weight is 296 g/mol. The van der Waals surface area contributed by atoms with E-state index in [2.05, 4.69) is 33.1 Å². The van der Waals surface area contributed by atoms with E-state index >= 15 is 0 Å². The first-order valence-electron chi connectivity index (χ1n) is 5.55. The van der Waals surface area contributed by atoms with E-state index < -0.39 is 0 Å². The minimum Gasteiger partial charge on any atom is -0.388 e. The minimum atomic E-state index is -0.0859. The highest BCUT2D eigenvalue weighted by Crippen LogP contribution is 2.27. The first-order chi connectivity index (χ1) is 8.27. The van der Waals surface area contributed by atoms with Crippen molar-refractivity contribution in [3.8, 4) is 11.4 Å². The summed E-state index contributed by atoms with van der Waals surface area (Å²) in [6.07, 6.45) is 0.975. The van der Waals surface area contributed by atoms with Gasteiger partial charge in [0.05, 0.1) is 0 Å². The largest absolute Gasteiger partial charge is 0.388 e. The number of hydrogen-bond donors (Lipinski definition) is 1. The van der Waals surface area contributed by atoms with E-state index in [9.17, 15) is 5.11 Å². The Bertz CT molecular complexity index is 510. The van der Waals surface area contributed by atoms with Crippen molar-refractivity contribution in [2.75, 3.05) is 0 Å². The second kappa shape index (κ2) is 5.42. The van der Waals surface area contributed by atoms with Gasteiger partial charge in [-0.05, 0) is 12.5 Å². The molecule has 0 spiro atoms. The molecule has 2 aromatic rings. The lowest BCUT2D eigenvalue weighted by Gasteiger charge is -2.08. The predicted octanol–water partition coefficient (Wildman–Crippen LogP) is 2.61. The Morgan fingerprint density at radius 3 is 2.71 bits per heavy atom. The van der Waals surface area contributed by atoms with Gasteiger partial charge in [-0.15, -0.1) is 10.2 Å². The first-order valence-corrected chi connectivity index (χ1v) is 6.35. The second-order valence-corrected chi connectivity index (χ2v) is 4.58. The molecule has 0 aliphatic carbocycles. The summed E-state index contributed by atoms with van der Waals surface area (Å²) in [4.78, 5) is 0. The monoisotopic (exact) mass is 295 g/mol. The zero-order valence-corrected chi connectivity index (χ0v) is 11.2. The van der Waals surface area contributed by atoms with Crippen molar-refractivity contribution in [2.24, 2.45) is 0 Å². The maximum atomic E-state index is 9.24. The van der Waals surface area contributed by atoms with Gasteiger partial charge in [-0.3, -0.25) is 0 Å². The summed E-state index contributed by atoms with van der Waals surface area (Å²) in [5.74, 6) is 1.40. The third-order valence-corrected chi connectivity index (χ3v) is 3.22. The lowest BCUT2D eigenvalue weighted by Crippen LogP contribution is -2.05. The number of halogens is 1. The molecule has 4 nitrogen and oxygen atoms in total. The molecule has 0 amide bonds. The average Bonchev–Trinajstić information content (AvgIpc) is 2.73. The fourth-order valence-electron chi connectivity index (χ4n) is 1.75. The van der Waals surface area contributed by atoms with Gasteiger partial charge in [0.2, 0.25) is 0 Å². The summed E-state index contributed by atoms with van der Waals surface area (Å²) in [6, 6.07) is 7.88. The Kier molecular flexibility index (Phi) is 3.91. The molecule has 1 aromatic heterocycles. The molecule has 0 aliphatic rings. The lowest BCUT2D eigenvalue weighted by molar-refractivity contribution is 0.264. The molecular weight excluding hydrogens is 282 g/mol. The number of hydrogen-bond acceptors (Lipinski definition) is 3. The number of aliphatic hydroxyl groups is 1. The molecule has 2 rings (SSSR count). The predicted molar refractivity (Wildman–Crippen MR) is 69.4 cm³/mol. The molecule has 0 saturated carbocycles. The van der Waals surface area contributed by atoms with Gasteiger partial charge >= 0.3 is 0 Å². The molecule has 90 valence electrons. The van der Waals surface area contributed by atoms with Crippen LogP contribution in [0.5, 0.6) is 0 Å². The van der Waals surface area contributed by atoms with Crippen molar-refractivity contribution < 1.29 is 5.11 Å². The molecule has 1 aromatic carbocycles. The van der Waals surface area contributed by atoms with E-state index in [0.29, 0.717) is 5.82 Å². The third-order valence-electron chi connectivity index (χ3n) is 2.53. The second-order valence-electron chi connectivity index (χ2n) is 3.73. The van der Waals surface area contributed by atoms with Crippen molar-refractivity contribution in [2.45, 2.75) is 26.5 Å². The van der Waals surface area contributed by atoms with E-state index in [1.54, 1.807) is 0 Å². The van der Waals surface area contributed by atoms with Crippen LogP contribution in [0.15, 0.2) is 28.7 Å². The summed E-state index contributed by atoms with van der Waals surface area (Å²) in [7, 11) is 0. The standard InChI is InChI=1S/C12H14BrN3O/c1-2-7-16-11(8-17)14-15-12(16)9-5-3-4-6-10(9)13/h3-6,17H,2,7-8H2,1H3. The van der Waals surface area contributed by atoms with E-state index in [4.69, 9.17) is 0 Å². The molecule has 17 heavy (non-hydrogen) atoms. The smallest absolute Gasteiger partial charge is 0.165 e. The van der Waals surface area contributed by atoms with Gasteiger partial charge < -0.3 is 9.67 Å². The highest BCUT2D eigenvalue weighted by atomic mass is 79.9. The van der Waals surface area contributed by atoms with Gasteiger partial charge in [0.25, 0.3) is 0 Å². The summed E-state index contributed by atoms with van der Waals surface area (Å²) in [5, 5.41) is 17.4. The van der Waals surface area contributed by atoms with Gasteiger partial charge in [0.1, 0.15) is 6.61 Å². The molecule has 0 saturated heterocycles. The summed E-state index contributed by atoms with van der Waals surface area (Å²) in [5.41, 5.74) is 0.994. The maximum absolute atomic E-state index is 9.24. The molecule has 0 bridgehead atoms. The minimum absolute atomic E-state index is 0.0859. The molecule has 1 heterocycles. The van der Waals surface area contributed by atoms with Crippen LogP contribution in [-0.2, 0) is 13.2 Å². The molecule has 0 unspecified atom stereocenters. The zero-order valence-electron chi connectivity index (χ0n) is 9.60. The van der Waals surface area contributed by atoms with Crippen molar-refractivity contribution >= 4 is 15.9 Å². The van der Waals surface area contributed by atoms with Crippen LogP contribution in [0.25, 0.3) is 11.4 Å². The normalized spacial score (nSPS) is 10.8. The van der Waals surface area contributed by atoms with E-state index in [1.807, 2.05) is 28.8 Å². The van der Waals surface area contributed by atoms with Crippen molar-refractivity contribution in [3.05, 3.63) is 34.6 Å². The van der Waals surface area contributed by atoms with Gasteiger partial charge in [-0.2, -0.15) is 0 Å². The van der Waals surface area contributed by atoms with Crippen LogP contribution in [-0.4, -0.2) is 19.9 Å². The Labute approximate surface area is 108 Å². The fourth-order valence-corrected chi connectivity index (χ4v) is 2.21. The fraction of sp³-hybridized carbons (Fsp3) is 0.333. The number of aliphatic hydroxyl groups excluding tert-OH is 1. The highest BCUT2D eigenvalue weighted by Gasteiger charge is 2.14. The van der Waals surface area contributed by atoms with Gasteiger partial charge in [-0.25, -0.2) is 0 Å². The highest BCUT2D eigenvalue weighted by molar-refractivity contribution is 9.10. The van der Waals surface area contributed by atoms with E-state index in [1.165, 1.54) is 0 Å². The Morgan fingerprint density at radius 2 is 2.06 bits per heavy atom. The number of rotatable bonds is 4. The quantitative estimate of drug-likeness (QED) is 0.943. The number of benzene rings is 1. The summed E-state index contributed by atoms with van der Waals surface area (Å²) in [6.45, 7) is 2.81. The van der Waals surface area contributed by atoms with Crippen LogP contribution < -0.4 is 0 Å². The van der Waals surface area contributed by atoms with Crippen LogP contribution in [0.2, 0.25) is 0 Å². The van der Waals surface area contributed by atoms with Crippen molar-refractivity contribution in [1.29, 1.82) is 0 Å². The first kappa shape index (κ1) is 12.3. The van der Waals surface area contributed by atoms with Gasteiger partial charge in [-0.1, -0.05) is 41.1 Å². The SMILES string of the molecule is CCCn1c(CO)nnc1-c1ccccc1Br. The van der Waals surface area contributed by atoms with Crippen LogP contribution >= 0.6 is 15.9 Å². The summed E-state index contributed by atoms with van der Waals surface area (Å²) < 4.78 is 2.94. The molecule has 0 aliphatic heterocycles. The molecule has 1 N–H and O–H groups in total. The molecule has 0 atom stereocenters. The maximum Gasteiger partial charge on any atom is 0.165 e.